The van der Waals surface area contributed by atoms with Gasteiger partial charge >= 0.3 is 5.97 Å². The van der Waals surface area contributed by atoms with Gasteiger partial charge in [-0.05, 0) is 31.7 Å². The van der Waals surface area contributed by atoms with E-state index in [0.29, 0.717) is 29.1 Å². The lowest BCUT2D eigenvalue weighted by Gasteiger charge is -2.18. The first-order chi connectivity index (χ1) is 10.7. The molecule has 3 rings (SSSR count). The number of aromatic nitrogens is 3. The van der Waals surface area contributed by atoms with Gasteiger partial charge in [0.25, 0.3) is 0 Å². The number of fused-ring (bicyclic) bond motifs is 1. The highest BCUT2D eigenvalue weighted by Crippen LogP contribution is 2.27. The molecule has 0 aromatic carbocycles. The van der Waals surface area contributed by atoms with Crippen molar-refractivity contribution < 1.29 is 14.6 Å². The summed E-state index contributed by atoms with van der Waals surface area (Å²) in [6.45, 7) is 4.04. The van der Waals surface area contributed by atoms with E-state index >= 15 is 0 Å². The first kappa shape index (κ1) is 14.8. The van der Waals surface area contributed by atoms with Gasteiger partial charge in [-0.2, -0.15) is 5.10 Å². The van der Waals surface area contributed by atoms with Crippen molar-refractivity contribution in [3.63, 3.8) is 0 Å². The van der Waals surface area contributed by atoms with Gasteiger partial charge in [0, 0.05) is 19.7 Å². The van der Waals surface area contributed by atoms with Crippen LogP contribution >= 0.6 is 0 Å². The summed E-state index contributed by atoms with van der Waals surface area (Å²) < 4.78 is 5.12. The number of carbonyl (C=O) groups is 1. The summed E-state index contributed by atoms with van der Waals surface area (Å²) in [5.74, 6) is 0.860. The molecule has 0 aliphatic carbocycles. The molecule has 2 aromatic rings. The number of aliphatic hydroxyl groups excluding tert-OH is 1. The van der Waals surface area contributed by atoms with Crippen LogP contribution in [0.2, 0.25) is 0 Å². The third-order valence-corrected chi connectivity index (χ3v) is 4.05. The quantitative estimate of drug-likeness (QED) is 0.810. The number of anilines is 1. The Kier molecular flexibility index (Phi) is 4.24. The van der Waals surface area contributed by atoms with E-state index in [-0.39, 0.29) is 12.6 Å². The average Bonchev–Trinajstić information content (AvgIpc) is 3.15. The lowest BCUT2D eigenvalue weighted by Crippen LogP contribution is -2.22. The van der Waals surface area contributed by atoms with Crippen LogP contribution in [0, 0.1) is 5.92 Å². The molecule has 1 fully saturated rings. The van der Waals surface area contributed by atoms with Crippen LogP contribution in [0.25, 0.3) is 11.0 Å². The molecule has 3 heterocycles. The van der Waals surface area contributed by atoms with Gasteiger partial charge in [0.05, 0.1) is 23.8 Å². The van der Waals surface area contributed by atoms with Crippen LogP contribution in [0.15, 0.2) is 12.3 Å². The van der Waals surface area contributed by atoms with Crippen molar-refractivity contribution in [3.8, 4) is 0 Å². The standard InChI is InChI=1S/C15H20N4O3/c1-2-22-15(21)11-7-13(17-14-12(11)8-16-18-14)19-5-3-10(9-19)4-6-20/h7-8,10,20H,2-6,9H2,1H3,(H,16,17,18)/t10-/m0/s1. The van der Waals surface area contributed by atoms with E-state index in [1.165, 1.54) is 0 Å². The van der Waals surface area contributed by atoms with Crippen molar-refractivity contribution in [2.24, 2.45) is 5.92 Å². The van der Waals surface area contributed by atoms with E-state index in [2.05, 4.69) is 20.1 Å². The summed E-state index contributed by atoms with van der Waals surface area (Å²) in [5, 5.41) is 16.5. The number of aliphatic hydroxyl groups is 1. The molecule has 7 heteroatoms. The first-order valence-corrected chi connectivity index (χ1v) is 7.60. The predicted octanol–water partition coefficient (Wildman–Crippen LogP) is 1.34. The number of ether oxygens (including phenoxy) is 1. The van der Waals surface area contributed by atoms with E-state index in [1.54, 1.807) is 19.2 Å². The Bertz CT molecular complexity index is 670. The summed E-state index contributed by atoms with van der Waals surface area (Å²) in [4.78, 5) is 18.8. The predicted molar refractivity (Wildman–Crippen MR) is 81.9 cm³/mol. The van der Waals surface area contributed by atoms with Gasteiger partial charge in [-0.3, -0.25) is 5.10 Å². The molecule has 0 amide bonds. The van der Waals surface area contributed by atoms with E-state index in [9.17, 15) is 4.79 Å². The number of pyridine rings is 1. The normalized spacial score (nSPS) is 18.1. The van der Waals surface area contributed by atoms with Gasteiger partial charge in [0.15, 0.2) is 5.65 Å². The van der Waals surface area contributed by atoms with Crippen LogP contribution < -0.4 is 4.90 Å². The van der Waals surface area contributed by atoms with Crippen molar-refractivity contribution >= 4 is 22.8 Å². The van der Waals surface area contributed by atoms with Crippen molar-refractivity contribution in [3.05, 3.63) is 17.8 Å². The zero-order valence-corrected chi connectivity index (χ0v) is 12.6. The number of H-pyrrole nitrogens is 1. The Balaban J connectivity index is 1.92. The molecule has 0 saturated carbocycles. The summed E-state index contributed by atoms with van der Waals surface area (Å²) in [6, 6.07) is 1.77. The van der Waals surface area contributed by atoms with E-state index in [0.717, 1.165) is 31.7 Å². The third-order valence-electron chi connectivity index (χ3n) is 4.05. The lowest BCUT2D eigenvalue weighted by atomic mass is 10.1. The zero-order chi connectivity index (χ0) is 15.5. The van der Waals surface area contributed by atoms with Gasteiger partial charge in [-0.25, -0.2) is 9.78 Å². The first-order valence-electron chi connectivity index (χ1n) is 7.60. The largest absolute Gasteiger partial charge is 0.462 e. The molecule has 2 aromatic heterocycles. The van der Waals surface area contributed by atoms with Crippen LogP contribution in [-0.2, 0) is 4.74 Å². The maximum atomic E-state index is 12.1. The Morgan fingerprint density at radius 1 is 1.59 bits per heavy atom. The molecule has 0 unspecified atom stereocenters. The minimum absolute atomic E-state index is 0.208. The molecule has 1 saturated heterocycles. The van der Waals surface area contributed by atoms with Gasteiger partial charge in [0.1, 0.15) is 5.82 Å². The summed E-state index contributed by atoms with van der Waals surface area (Å²) in [6.07, 6.45) is 3.42. The topological polar surface area (TPSA) is 91.3 Å². The fourth-order valence-corrected chi connectivity index (χ4v) is 2.91. The highest BCUT2D eigenvalue weighted by molar-refractivity contribution is 6.03. The van der Waals surface area contributed by atoms with Crippen molar-refractivity contribution in [1.29, 1.82) is 0 Å². The van der Waals surface area contributed by atoms with Crippen molar-refractivity contribution in [1.82, 2.24) is 15.2 Å². The van der Waals surface area contributed by atoms with E-state index < -0.39 is 0 Å². The highest BCUT2D eigenvalue weighted by Gasteiger charge is 2.25. The number of rotatable bonds is 5. The Labute approximate surface area is 128 Å². The smallest absolute Gasteiger partial charge is 0.339 e. The second-order valence-electron chi connectivity index (χ2n) is 5.49. The Morgan fingerprint density at radius 3 is 3.23 bits per heavy atom. The highest BCUT2D eigenvalue weighted by atomic mass is 16.5. The fraction of sp³-hybridized carbons (Fsp3) is 0.533. The summed E-state index contributed by atoms with van der Waals surface area (Å²) >= 11 is 0. The van der Waals surface area contributed by atoms with Crippen LogP contribution in [0.1, 0.15) is 30.1 Å². The molecule has 0 bridgehead atoms. The minimum atomic E-state index is -0.358. The van der Waals surface area contributed by atoms with Crippen LogP contribution in [0.5, 0.6) is 0 Å². The molecule has 2 N–H and O–H groups in total. The van der Waals surface area contributed by atoms with Crippen LogP contribution in [0.4, 0.5) is 5.82 Å². The molecule has 1 atom stereocenters. The number of nitrogens with zero attached hydrogens (tertiary/aromatic N) is 3. The summed E-state index contributed by atoms with van der Waals surface area (Å²) in [5.41, 5.74) is 1.08. The molecule has 118 valence electrons. The Hall–Kier alpha value is -2.15. The second kappa shape index (κ2) is 6.31. The lowest BCUT2D eigenvalue weighted by molar-refractivity contribution is 0.0528. The van der Waals surface area contributed by atoms with Gasteiger partial charge in [-0.15, -0.1) is 0 Å². The molecule has 0 radical (unpaired) electrons. The van der Waals surface area contributed by atoms with E-state index in [4.69, 9.17) is 9.84 Å². The zero-order valence-electron chi connectivity index (χ0n) is 12.6. The number of hydrogen-bond acceptors (Lipinski definition) is 6. The monoisotopic (exact) mass is 304 g/mol. The molecular weight excluding hydrogens is 284 g/mol. The molecule has 22 heavy (non-hydrogen) atoms. The van der Waals surface area contributed by atoms with Gasteiger partial charge < -0.3 is 14.7 Å². The molecular formula is C15H20N4O3. The Morgan fingerprint density at radius 2 is 2.45 bits per heavy atom. The average molecular weight is 304 g/mol. The minimum Gasteiger partial charge on any atom is -0.462 e. The van der Waals surface area contributed by atoms with Gasteiger partial charge in [-0.1, -0.05) is 0 Å². The molecule has 7 nitrogen and oxygen atoms in total. The summed E-state index contributed by atoms with van der Waals surface area (Å²) in [7, 11) is 0. The van der Waals surface area contributed by atoms with E-state index in [1.807, 2.05) is 0 Å². The maximum Gasteiger partial charge on any atom is 0.339 e. The van der Waals surface area contributed by atoms with Crippen LogP contribution in [0.3, 0.4) is 0 Å². The number of hydrogen-bond donors (Lipinski definition) is 2. The van der Waals surface area contributed by atoms with Crippen molar-refractivity contribution in [2.75, 3.05) is 31.2 Å². The SMILES string of the molecule is CCOC(=O)c1cc(N2CC[C@@H](CCO)C2)nc2[nH]ncc12. The fourth-order valence-electron chi connectivity index (χ4n) is 2.91. The number of aromatic amines is 1. The maximum absolute atomic E-state index is 12.1. The van der Waals surface area contributed by atoms with Gasteiger partial charge in [0.2, 0.25) is 0 Å². The second-order valence-corrected chi connectivity index (χ2v) is 5.49. The number of carbonyl (C=O) groups excluding carboxylic acids is 1. The number of nitrogens with one attached hydrogen (secondary N) is 1. The van der Waals surface area contributed by atoms with Crippen molar-refractivity contribution in [2.45, 2.75) is 19.8 Å². The molecule has 1 aliphatic heterocycles. The number of esters is 1. The van der Waals surface area contributed by atoms with Crippen LogP contribution in [-0.4, -0.2) is 52.6 Å². The molecule has 0 spiro atoms. The molecule has 1 aliphatic rings. The third kappa shape index (κ3) is 2.76.